The van der Waals surface area contributed by atoms with E-state index in [-0.39, 0.29) is 47.0 Å². The number of likely N-dealkylation sites (N-methyl/N-ethyl adjacent to an activating group) is 1. The normalized spacial score (nSPS) is 17.0. The number of pyridine rings is 1. The minimum absolute atomic E-state index is 0.0152. The predicted molar refractivity (Wildman–Crippen MR) is 282 cm³/mol. The molecule has 0 aliphatic carbocycles. The molecule has 1 saturated heterocycles. The smallest absolute Gasteiger partial charge is 0.333 e. The number of fused-ring (bicyclic) bond motifs is 6. The van der Waals surface area contributed by atoms with Gasteiger partial charge < -0.3 is 34.0 Å². The molecule has 3 aliphatic heterocycles. The van der Waals surface area contributed by atoms with Gasteiger partial charge in [-0.25, -0.2) is 30.0 Å². The standard InChI is InChI=1S/C53H55N5O17S4/c1-7-56-40-19-16-35-37(26-33(77(64,65)66)28-42(35)76-75-74-63)49(40)52(3,4)44(56)21-14-31(39-18-13-32(30-55-39)51(62)54-25-11-9-10-12-48(61)73-58-46(59)23-24-47(58)60)15-22-45-53(5,6)50-38-27-34(78(67,68)69)29-43(79(70,71)72)36(38)17-20-41(50)57(45)8-2/h13-22,26-30H,7-12,23-25H2,1-6H3,(H4-,54,62,63,64,65,66,67,68,69,70,71,72)/p-3. The van der Waals surface area contributed by atoms with E-state index in [1.54, 1.807) is 36.4 Å². The summed E-state index contributed by atoms with van der Waals surface area (Å²) >= 11 is 0.450. The van der Waals surface area contributed by atoms with Gasteiger partial charge in [-0.2, -0.15) is 8.91 Å². The number of amides is 3. The summed E-state index contributed by atoms with van der Waals surface area (Å²) in [7, 11) is -15.5. The minimum Gasteiger partial charge on any atom is -0.744 e. The Balaban J connectivity index is 1.16. The maximum atomic E-state index is 13.4. The molecular formula is C53H52N5O17S4-3. The zero-order valence-electron chi connectivity index (χ0n) is 43.4. The zero-order chi connectivity index (χ0) is 57.6. The lowest BCUT2D eigenvalue weighted by molar-refractivity contribution is -0.777. The average molecular weight is 1160 g/mol. The fourth-order valence-corrected chi connectivity index (χ4v) is 13.0. The molecule has 1 fully saturated rings. The van der Waals surface area contributed by atoms with Crippen molar-refractivity contribution in [2.24, 2.45) is 0 Å². The molecule has 3 amide bonds. The van der Waals surface area contributed by atoms with E-state index in [1.807, 2.05) is 69.2 Å². The first-order valence-corrected chi connectivity index (χ1v) is 29.7. The van der Waals surface area contributed by atoms with Crippen LogP contribution in [0.25, 0.3) is 27.1 Å². The van der Waals surface area contributed by atoms with Crippen LogP contribution in [0, 0.1) is 0 Å². The lowest BCUT2D eigenvalue weighted by Crippen LogP contribution is -2.31. The molecular weight excluding hydrogens is 1110 g/mol. The van der Waals surface area contributed by atoms with Gasteiger partial charge in [-0.05, 0) is 128 Å². The SMILES string of the molecule is CCN1/C(=C/C=C(/C=C/C2=[N+](CC)c3ccc4c(SOO[O-])cc(S(=O)(=O)[O-])cc4c3C2(C)C)c2ccc(C(=O)NCCCCCC(=O)ON3C(=O)CCC3=O)cn2)C(C)(C)c2c1ccc1c(S(=O)(=O)[O-])cc(S(=O)(=O)[O-])cc21. The van der Waals surface area contributed by atoms with Crippen molar-refractivity contribution in [1.82, 2.24) is 15.4 Å². The quantitative estimate of drug-likeness (QED) is 0.0137. The average Bonchev–Trinajstić information content (AvgIpc) is 3.62. The number of nitrogens with zero attached hydrogens (tertiary/aromatic N) is 4. The van der Waals surface area contributed by atoms with E-state index < -0.39 is 79.6 Å². The molecule has 0 spiro atoms. The molecule has 26 heteroatoms. The number of carbonyl (C=O) groups excluding carboxylic acids is 4. The van der Waals surface area contributed by atoms with Gasteiger partial charge in [-0.1, -0.05) is 32.4 Å². The summed E-state index contributed by atoms with van der Waals surface area (Å²) in [5.41, 5.74) is 2.92. The van der Waals surface area contributed by atoms with E-state index >= 15 is 0 Å². The van der Waals surface area contributed by atoms with Crippen molar-refractivity contribution < 1.29 is 82.1 Å². The maximum Gasteiger partial charge on any atom is 0.333 e. The number of anilines is 1. The second-order valence-corrected chi connectivity index (χ2v) is 24.6. The highest BCUT2D eigenvalue weighted by molar-refractivity contribution is 7.94. The van der Waals surface area contributed by atoms with Crippen molar-refractivity contribution >= 4 is 110 Å². The van der Waals surface area contributed by atoms with Gasteiger partial charge in [0.15, 0.2) is 5.71 Å². The molecule has 5 aromatic rings. The van der Waals surface area contributed by atoms with Gasteiger partial charge in [0.2, 0.25) is 5.69 Å². The van der Waals surface area contributed by atoms with Gasteiger partial charge in [0, 0.05) is 83.5 Å². The Labute approximate surface area is 459 Å². The molecule has 4 aromatic carbocycles. The molecule has 0 saturated carbocycles. The molecule has 1 N–H and O–H groups in total. The summed E-state index contributed by atoms with van der Waals surface area (Å²) in [6.45, 7) is 12.3. The third kappa shape index (κ3) is 11.7. The number of carbonyl (C=O) groups is 4. The van der Waals surface area contributed by atoms with Crippen molar-refractivity contribution in [3.63, 3.8) is 0 Å². The topological polar surface area (TPSA) is 325 Å². The molecule has 4 heterocycles. The number of hydroxylamine groups is 2. The van der Waals surface area contributed by atoms with Gasteiger partial charge in [0.1, 0.15) is 36.9 Å². The van der Waals surface area contributed by atoms with Crippen LogP contribution in [0.3, 0.4) is 0 Å². The first-order valence-electron chi connectivity index (χ1n) is 24.7. The molecule has 0 unspecified atom stereocenters. The van der Waals surface area contributed by atoms with Crippen molar-refractivity contribution in [1.29, 1.82) is 0 Å². The van der Waals surface area contributed by atoms with Crippen LogP contribution in [-0.4, -0.2) is 103 Å². The number of imide groups is 1. The van der Waals surface area contributed by atoms with E-state index in [2.05, 4.69) is 14.7 Å². The second kappa shape index (κ2) is 22.4. The van der Waals surface area contributed by atoms with Gasteiger partial charge in [-0.3, -0.25) is 24.4 Å². The van der Waals surface area contributed by atoms with Crippen molar-refractivity contribution in [3.8, 4) is 0 Å². The Hall–Kier alpha value is -6.72. The van der Waals surface area contributed by atoms with E-state index in [1.165, 1.54) is 18.3 Å². The molecule has 8 rings (SSSR count). The number of rotatable bonds is 20. The first-order chi connectivity index (χ1) is 37.1. The molecule has 0 bridgehead atoms. The molecule has 3 aliphatic rings. The molecule has 1 aromatic heterocycles. The van der Waals surface area contributed by atoms with Crippen molar-refractivity contribution in [2.45, 2.75) is 110 Å². The Morgan fingerprint density at radius 1 is 0.797 bits per heavy atom. The minimum atomic E-state index is -5.27. The van der Waals surface area contributed by atoms with Crippen molar-refractivity contribution in [2.75, 3.05) is 24.5 Å². The Bertz CT molecular complexity index is 3840. The summed E-state index contributed by atoms with van der Waals surface area (Å²) in [5, 5.41) is 18.6. The Morgan fingerprint density at radius 3 is 2.06 bits per heavy atom. The molecule has 0 atom stereocenters. The summed E-state index contributed by atoms with van der Waals surface area (Å²) in [6.07, 6.45) is 9.97. The zero-order valence-corrected chi connectivity index (χ0v) is 46.7. The van der Waals surface area contributed by atoms with E-state index in [9.17, 15) is 63.3 Å². The van der Waals surface area contributed by atoms with Gasteiger partial charge in [0.25, 0.3) is 17.7 Å². The van der Waals surface area contributed by atoms with Gasteiger partial charge in [-0.15, -0.1) is 5.06 Å². The number of unbranched alkanes of at least 4 members (excludes halogenated alkanes) is 2. The maximum absolute atomic E-state index is 13.4. The number of hydrogen-bond acceptors (Lipinski definition) is 20. The summed E-state index contributed by atoms with van der Waals surface area (Å²) < 4.78 is 119. The van der Waals surface area contributed by atoms with Gasteiger partial charge in [0.05, 0.1) is 43.4 Å². The van der Waals surface area contributed by atoms with E-state index in [0.717, 1.165) is 17.8 Å². The third-order valence-corrected chi connectivity index (χ3v) is 17.3. The number of hydrogen-bond donors (Lipinski definition) is 1. The fourth-order valence-electron chi connectivity index (χ4n) is 10.5. The second-order valence-electron chi connectivity index (χ2n) is 19.7. The lowest BCUT2D eigenvalue weighted by atomic mass is 9.79. The van der Waals surface area contributed by atoms with Crippen LogP contribution in [0.5, 0.6) is 0 Å². The predicted octanol–water partition coefficient (Wildman–Crippen LogP) is 5.97. The molecule has 79 heavy (non-hydrogen) atoms. The summed E-state index contributed by atoms with van der Waals surface area (Å²) in [6, 6.07) is 13.8. The fraction of sp³-hybridized carbons (Fsp3) is 0.321. The van der Waals surface area contributed by atoms with Crippen LogP contribution >= 0.6 is 12.0 Å². The number of nitrogens with one attached hydrogen (secondary N) is 1. The van der Waals surface area contributed by atoms with E-state index in [0.29, 0.717) is 106 Å². The highest BCUT2D eigenvalue weighted by Crippen LogP contribution is 2.52. The lowest BCUT2D eigenvalue weighted by Gasteiger charge is -2.26. The van der Waals surface area contributed by atoms with Crippen LogP contribution in [-0.2, 0) is 69.8 Å². The first kappa shape index (κ1) is 58.4. The largest absolute Gasteiger partial charge is 0.744 e. The highest BCUT2D eigenvalue weighted by atomic mass is 32.2. The van der Waals surface area contributed by atoms with Crippen molar-refractivity contribution in [3.05, 3.63) is 119 Å². The Kier molecular flexibility index (Phi) is 16.6. The van der Waals surface area contributed by atoms with E-state index in [4.69, 9.17) is 9.82 Å². The third-order valence-electron chi connectivity index (χ3n) is 14.1. The molecule has 418 valence electrons. The van der Waals surface area contributed by atoms with Gasteiger partial charge >= 0.3 is 5.97 Å². The van der Waals surface area contributed by atoms with Crippen LogP contribution in [0.4, 0.5) is 11.4 Å². The molecule has 22 nitrogen and oxygen atoms in total. The number of allylic oxidation sites excluding steroid dienone is 6. The van der Waals surface area contributed by atoms with Crippen LogP contribution in [0.15, 0.2) is 116 Å². The van der Waals surface area contributed by atoms with Crippen LogP contribution < -0.4 is 15.5 Å². The Morgan fingerprint density at radius 2 is 1.46 bits per heavy atom. The summed E-state index contributed by atoms with van der Waals surface area (Å²) in [4.78, 5) is 58.5. The monoisotopic (exact) mass is 1160 g/mol. The highest BCUT2D eigenvalue weighted by Gasteiger charge is 2.46. The number of benzene rings is 4. The molecule has 0 radical (unpaired) electrons. The summed E-state index contributed by atoms with van der Waals surface area (Å²) in [5.74, 6) is -2.29. The number of aromatic nitrogens is 1. The van der Waals surface area contributed by atoms with Crippen LogP contribution in [0.2, 0.25) is 0 Å². The van der Waals surface area contributed by atoms with Crippen LogP contribution in [0.1, 0.15) is 107 Å².